The summed E-state index contributed by atoms with van der Waals surface area (Å²) < 4.78 is 45.3. The number of hydrogen-bond acceptors (Lipinski definition) is 5. The Hall–Kier alpha value is -1.90. The molecular formula is C15H20F3N5O. The van der Waals surface area contributed by atoms with Gasteiger partial charge in [-0.25, -0.2) is 0 Å². The lowest BCUT2D eigenvalue weighted by atomic mass is 9.91. The number of ether oxygens (including phenoxy) is 1. The second kappa shape index (κ2) is 6.19. The molecule has 0 bridgehead atoms. The van der Waals surface area contributed by atoms with Crippen LogP contribution in [0.25, 0.3) is 5.65 Å². The van der Waals surface area contributed by atoms with Gasteiger partial charge in [0.05, 0.1) is 12.1 Å². The number of rotatable bonds is 5. The molecule has 3 heterocycles. The molecule has 1 saturated heterocycles. The number of aromatic nitrogens is 4. The molecule has 3 rings (SSSR count). The highest BCUT2D eigenvalue weighted by Gasteiger charge is 2.42. The average molecular weight is 343 g/mol. The first kappa shape index (κ1) is 16.9. The summed E-state index contributed by atoms with van der Waals surface area (Å²) in [5.74, 6) is -0.609. The van der Waals surface area contributed by atoms with Crippen molar-refractivity contribution in [1.82, 2.24) is 19.8 Å². The van der Waals surface area contributed by atoms with E-state index >= 15 is 0 Å². The quantitative estimate of drug-likeness (QED) is 0.835. The molecule has 0 aliphatic carbocycles. The number of anilines is 1. The highest BCUT2D eigenvalue weighted by atomic mass is 19.4. The Morgan fingerprint density at radius 2 is 2.08 bits per heavy atom. The fourth-order valence-corrected chi connectivity index (χ4v) is 3.61. The molecule has 24 heavy (non-hydrogen) atoms. The summed E-state index contributed by atoms with van der Waals surface area (Å²) in [5, 5.41) is 11.0. The van der Waals surface area contributed by atoms with E-state index in [2.05, 4.69) is 27.1 Å². The van der Waals surface area contributed by atoms with Crippen molar-refractivity contribution < 1.29 is 17.9 Å². The van der Waals surface area contributed by atoms with Crippen molar-refractivity contribution >= 4 is 11.5 Å². The highest BCUT2D eigenvalue weighted by Crippen LogP contribution is 2.37. The van der Waals surface area contributed by atoms with E-state index < -0.39 is 12.0 Å². The zero-order chi connectivity index (χ0) is 17.4. The van der Waals surface area contributed by atoms with E-state index in [9.17, 15) is 13.2 Å². The van der Waals surface area contributed by atoms with Crippen LogP contribution in [-0.4, -0.2) is 45.6 Å². The third kappa shape index (κ3) is 2.81. The molecule has 0 amide bonds. The maximum absolute atomic E-state index is 13.1. The lowest BCUT2D eigenvalue weighted by Crippen LogP contribution is -2.48. The molecule has 0 N–H and O–H groups in total. The maximum Gasteiger partial charge on any atom is 0.453 e. The minimum absolute atomic E-state index is 0.0816. The van der Waals surface area contributed by atoms with Gasteiger partial charge in [0.15, 0.2) is 5.65 Å². The fraction of sp³-hybridized carbons (Fsp3) is 0.667. The molecule has 1 aliphatic rings. The standard InChI is InChI=1S/C15H20F3N5O/c1-3-7-14(10-24-2)8-4-9-22(14)12-6-5-11-19-20-13(15(16,17)18)23(11)21-12/h5-6H,3-4,7-10H2,1-2H3. The average Bonchev–Trinajstić information content (AvgIpc) is 3.11. The van der Waals surface area contributed by atoms with Gasteiger partial charge in [0, 0.05) is 13.7 Å². The number of alkyl halides is 3. The van der Waals surface area contributed by atoms with Gasteiger partial charge < -0.3 is 9.64 Å². The van der Waals surface area contributed by atoms with E-state index in [1.807, 2.05) is 0 Å². The number of halogens is 3. The van der Waals surface area contributed by atoms with Gasteiger partial charge in [-0.15, -0.1) is 15.3 Å². The molecule has 1 fully saturated rings. The Kier molecular flexibility index (Phi) is 4.37. The summed E-state index contributed by atoms with van der Waals surface area (Å²) in [6.07, 6.45) is -0.847. The van der Waals surface area contributed by atoms with Crippen molar-refractivity contribution in [2.45, 2.75) is 44.3 Å². The maximum atomic E-state index is 13.1. The van der Waals surface area contributed by atoms with Crippen molar-refractivity contribution in [2.75, 3.05) is 25.2 Å². The molecule has 6 nitrogen and oxygen atoms in total. The molecule has 132 valence electrons. The first-order chi connectivity index (χ1) is 11.4. The lowest BCUT2D eigenvalue weighted by molar-refractivity contribution is -0.146. The number of hydrogen-bond donors (Lipinski definition) is 0. The van der Waals surface area contributed by atoms with E-state index in [0.29, 0.717) is 12.4 Å². The molecule has 0 aromatic carbocycles. The minimum atomic E-state index is -4.59. The number of fused-ring (bicyclic) bond motifs is 1. The van der Waals surface area contributed by atoms with Crippen molar-refractivity contribution in [1.29, 1.82) is 0 Å². The van der Waals surface area contributed by atoms with E-state index in [-0.39, 0.29) is 11.2 Å². The topological polar surface area (TPSA) is 55.5 Å². The summed E-state index contributed by atoms with van der Waals surface area (Å²) >= 11 is 0. The summed E-state index contributed by atoms with van der Waals surface area (Å²) in [6.45, 7) is 3.35. The first-order valence-electron chi connectivity index (χ1n) is 7.97. The van der Waals surface area contributed by atoms with Crippen LogP contribution in [0.3, 0.4) is 0 Å². The Morgan fingerprint density at radius 1 is 1.29 bits per heavy atom. The van der Waals surface area contributed by atoms with Crippen molar-refractivity contribution in [3.05, 3.63) is 18.0 Å². The van der Waals surface area contributed by atoms with Gasteiger partial charge in [0.1, 0.15) is 5.82 Å². The number of nitrogens with zero attached hydrogens (tertiary/aromatic N) is 5. The second-order valence-corrected chi connectivity index (χ2v) is 6.15. The largest absolute Gasteiger partial charge is 0.453 e. The molecule has 1 atom stereocenters. The predicted octanol–water partition coefficient (Wildman–Crippen LogP) is 2.93. The molecule has 2 aromatic heterocycles. The summed E-state index contributed by atoms with van der Waals surface area (Å²) in [4.78, 5) is 2.07. The summed E-state index contributed by atoms with van der Waals surface area (Å²) in [6, 6.07) is 3.22. The highest BCUT2D eigenvalue weighted by molar-refractivity contribution is 5.49. The van der Waals surface area contributed by atoms with Crippen LogP contribution in [0.2, 0.25) is 0 Å². The van der Waals surface area contributed by atoms with Gasteiger partial charge in [0.2, 0.25) is 0 Å². The van der Waals surface area contributed by atoms with Gasteiger partial charge in [-0.3, -0.25) is 0 Å². The van der Waals surface area contributed by atoms with Crippen LogP contribution in [0.4, 0.5) is 19.0 Å². The van der Waals surface area contributed by atoms with Crippen molar-refractivity contribution in [2.24, 2.45) is 0 Å². The SMILES string of the molecule is CCCC1(COC)CCCN1c1ccc2nnc(C(F)(F)F)n2n1. The van der Waals surface area contributed by atoms with E-state index in [1.54, 1.807) is 13.2 Å². The van der Waals surface area contributed by atoms with Crippen LogP contribution in [0.5, 0.6) is 0 Å². The Bertz CT molecular complexity index is 709. The third-order valence-electron chi connectivity index (χ3n) is 4.50. The van der Waals surface area contributed by atoms with Gasteiger partial charge in [-0.2, -0.15) is 17.7 Å². The summed E-state index contributed by atoms with van der Waals surface area (Å²) in [7, 11) is 1.64. The number of methoxy groups -OCH3 is 1. The second-order valence-electron chi connectivity index (χ2n) is 6.15. The smallest absolute Gasteiger partial charge is 0.382 e. The minimum Gasteiger partial charge on any atom is -0.382 e. The molecule has 1 aliphatic heterocycles. The molecule has 0 saturated carbocycles. The van der Waals surface area contributed by atoms with Gasteiger partial charge in [-0.1, -0.05) is 13.3 Å². The Balaban J connectivity index is 2.04. The third-order valence-corrected chi connectivity index (χ3v) is 4.50. The Morgan fingerprint density at radius 3 is 2.75 bits per heavy atom. The lowest BCUT2D eigenvalue weighted by Gasteiger charge is -2.38. The molecule has 2 aromatic rings. The van der Waals surface area contributed by atoms with Gasteiger partial charge in [-0.05, 0) is 31.4 Å². The molecule has 1 unspecified atom stereocenters. The van der Waals surface area contributed by atoms with Gasteiger partial charge in [0.25, 0.3) is 5.82 Å². The van der Waals surface area contributed by atoms with E-state index in [4.69, 9.17) is 4.74 Å². The summed E-state index contributed by atoms with van der Waals surface area (Å²) in [5.41, 5.74) is -0.144. The molecule has 9 heteroatoms. The normalized spacial score (nSPS) is 21.8. The Labute approximate surface area is 137 Å². The van der Waals surface area contributed by atoms with Crippen LogP contribution in [0.15, 0.2) is 12.1 Å². The van der Waals surface area contributed by atoms with Crippen LogP contribution in [0.1, 0.15) is 38.4 Å². The van der Waals surface area contributed by atoms with Crippen LogP contribution < -0.4 is 4.90 Å². The molecule has 0 radical (unpaired) electrons. The van der Waals surface area contributed by atoms with Crippen LogP contribution in [0, 0.1) is 0 Å². The van der Waals surface area contributed by atoms with E-state index in [1.165, 1.54) is 6.07 Å². The predicted molar refractivity (Wildman–Crippen MR) is 81.9 cm³/mol. The zero-order valence-corrected chi connectivity index (χ0v) is 13.7. The fourth-order valence-electron chi connectivity index (χ4n) is 3.61. The first-order valence-corrected chi connectivity index (χ1v) is 7.97. The van der Waals surface area contributed by atoms with Crippen LogP contribution in [-0.2, 0) is 10.9 Å². The van der Waals surface area contributed by atoms with E-state index in [0.717, 1.165) is 36.7 Å². The van der Waals surface area contributed by atoms with Crippen LogP contribution >= 0.6 is 0 Å². The molecular weight excluding hydrogens is 323 g/mol. The molecule has 0 spiro atoms. The van der Waals surface area contributed by atoms with Gasteiger partial charge >= 0.3 is 6.18 Å². The van der Waals surface area contributed by atoms with Crippen molar-refractivity contribution in [3.8, 4) is 0 Å². The van der Waals surface area contributed by atoms with Crippen molar-refractivity contribution in [3.63, 3.8) is 0 Å². The zero-order valence-electron chi connectivity index (χ0n) is 13.7. The monoisotopic (exact) mass is 343 g/mol.